The molecule has 3 heteroatoms. The first-order valence-corrected chi connectivity index (χ1v) is 8.40. The Balaban J connectivity index is 1.50. The van der Waals surface area contributed by atoms with E-state index in [4.69, 9.17) is 0 Å². The number of nitrogens with one attached hydrogen (secondary N) is 1. The fourth-order valence-corrected chi connectivity index (χ4v) is 4.03. The smallest absolute Gasteiger partial charge is 0.0252 e. The normalized spacial score (nSPS) is 38.5. The van der Waals surface area contributed by atoms with E-state index in [2.05, 4.69) is 29.1 Å². The minimum Gasteiger partial charge on any atom is -0.315 e. The maximum Gasteiger partial charge on any atom is 0.0252 e. The fourth-order valence-electron chi connectivity index (χ4n) is 4.03. The Morgan fingerprint density at radius 1 is 1.00 bits per heavy atom. The van der Waals surface area contributed by atoms with E-state index in [0.29, 0.717) is 0 Å². The molecule has 2 aliphatic carbocycles. The van der Waals surface area contributed by atoms with Crippen LogP contribution >= 0.6 is 0 Å². The van der Waals surface area contributed by atoms with Crippen molar-refractivity contribution in [1.82, 2.24) is 15.1 Å². The van der Waals surface area contributed by atoms with Crippen molar-refractivity contribution in [3.63, 3.8) is 0 Å². The molecule has 3 fully saturated rings. The van der Waals surface area contributed by atoms with Crippen LogP contribution in [0, 0.1) is 11.8 Å². The van der Waals surface area contributed by atoms with Gasteiger partial charge in [0.1, 0.15) is 0 Å². The van der Waals surface area contributed by atoms with Gasteiger partial charge < -0.3 is 10.2 Å². The minimum atomic E-state index is 0.728. The lowest BCUT2D eigenvalue weighted by Crippen LogP contribution is -2.58. The van der Waals surface area contributed by atoms with Gasteiger partial charge in [-0.05, 0) is 51.0 Å². The van der Waals surface area contributed by atoms with Crippen LogP contribution in [0.15, 0.2) is 0 Å². The van der Waals surface area contributed by atoms with Crippen LogP contribution in [0.4, 0.5) is 0 Å². The molecule has 1 N–H and O–H groups in total. The lowest BCUT2D eigenvalue weighted by molar-refractivity contribution is 0.0504. The highest BCUT2D eigenvalue weighted by Gasteiger charge is 2.34. The molecule has 3 nitrogen and oxygen atoms in total. The van der Waals surface area contributed by atoms with Crippen molar-refractivity contribution in [2.24, 2.45) is 11.8 Å². The molecule has 0 spiro atoms. The number of nitrogens with zero attached hydrogens (tertiary/aromatic N) is 2. The molecule has 0 radical (unpaired) electrons. The number of rotatable bonds is 4. The maximum atomic E-state index is 3.57. The van der Waals surface area contributed by atoms with E-state index in [9.17, 15) is 0 Å². The van der Waals surface area contributed by atoms with Gasteiger partial charge in [0.25, 0.3) is 0 Å². The van der Waals surface area contributed by atoms with Gasteiger partial charge in [0.05, 0.1) is 0 Å². The molecule has 0 aromatic rings. The van der Waals surface area contributed by atoms with Gasteiger partial charge in [0, 0.05) is 44.8 Å². The van der Waals surface area contributed by atoms with Crippen LogP contribution in [0.25, 0.3) is 0 Å². The average molecular weight is 265 g/mol. The standard InChI is InChI=1S/C16H31N3/c1-13-3-6-15(17-2)16(11-13)19-9-7-18(8-10-19)12-14-4-5-14/h13-17H,3-12H2,1-2H3. The average Bonchev–Trinajstić information content (AvgIpc) is 3.23. The number of likely N-dealkylation sites (N-methyl/N-ethyl adjacent to an activating group) is 1. The fraction of sp³-hybridized carbons (Fsp3) is 1.00. The molecule has 3 aliphatic rings. The summed E-state index contributed by atoms with van der Waals surface area (Å²) in [5.41, 5.74) is 0. The third-order valence-corrected chi connectivity index (χ3v) is 5.54. The lowest BCUT2D eigenvalue weighted by Gasteiger charge is -2.45. The molecule has 19 heavy (non-hydrogen) atoms. The first-order valence-electron chi connectivity index (χ1n) is 8.40. The van der Waals surface area contributed by atoms with E-state index in [0.717, 1.165) is 23.9 Å². The van der Waals surface area contributed by atoms with Crippen LogP contribution in [0.5, 0.6) is 0 Å². The topological polar surface area (TPSA) is 18.5 Å². The van der Waals surface area contributed by atoms with Crippen molar-refractivity contribution >= 4 is 0 Å². The van der Waals surface area contributed by atoms with Crippen LogP contribution in [0.2, 0.25) is 0 Å². The summed E-state index contributed by atoms with van der Waals surface area (Å²) in [6.07, 6.45) is 7.15. The molecule has 2 saturated carbocycles. The highest BCUT2D eigenvalue weighted by Crippen LogP contribution is 2.31. The zero-order valence-corrected chi connectivity index (χ0v) is 12.8. The van der Waals surface area contributed by atoms with E-state index < -0.39 is 0 Å². The van der Waals surface area contributed by atoms with Gasteiger partial charge in [-0.1, -0.05) is 6.92 Å². The second-order valence-corrected chi connectivity index (χ2v) is 7.16. The summed E-state index contributed by atoms with van der Waals surface area (Å²) in [4.78, 5) is 5.48. The van der Waals surface area contributed by atoms with Crippen LogP contribution in [-0.2, 0) is 0 Å². The summed E-state index contributed by atoms with van der Waals surface area (Å²) < 4.78 is 0. The Bertz CT molecular complexity index is 282. The number of piperazine rings is 1. The predicted octanol–water partition coefficient (Wildman–Crippen LogP) is 1.79. The summed E-state index contributed by atoms with van der Waals surface area (Å²) >= 11 is 0. The maximum absolute atomic E-state index is 3.57. The predicted molar refractivity (Wildman–Crippen MR) is 80.4 cm³/mol. The molecule has 1 aliphatic heterocycles. The quantitative estimate of drug-likeness (QED) is 0.836. The molecule has 0 aromatic heterocycles. The second kappa shape index (κ2) is 6.11. The molecule has 110 valence electrons. The van der Waals surface area contributed by atoms with Crippen LogP contribution in [-0.4, -0.2) is 61.7 Å². The van der Waals surface area contributed by atoms with Crippen molar-refractivity contribution in [1.29, 1.82) is 0 Å². The first kappa shape index (κ1) is 13.8. The zero-order chi connectivity index (χ0) is 13.2. The van der Waals surface area contributed by atoms with E-state index in [1.165, 1.54) is 64.8 Å². The van der Waals surface area contributed by atoms with Crippen molar-refractivity contribution in [3.05, 3.63) is 0 Å². The molecule has 3 rings (SSSR count). The van der Waals surface area contributed by atoms with Gasteiger partial charge in [-0.25, -0.2) is 0 Å². The summed E-state index contributed by atoms with van der Waals surface area (Å²) in [5, 5.41) is 3.57. The Hall–Kier alpha value is -0.120. The summed E-state index contributed by atoms with van der Waals surface area (Å²) in [5.74, 6) is 1.96. The molecule has 3 unspecified atom stereocenters. The summed E-state index contributed by atoms with van der Waals surface area (Å²) in [6, 6.07) is 1.52. The lowest BCUT2D eigenvalue weighted by atomic mass is 9.82. The Morgan fingerprint density at radius 2 is 1.74 bits per heavy atom. The van der Waals surface area contributed by atoms with E-state index >= 15 is 0 Å². The zero-order valence-electron chi connectivity index (χ0n) is 12.8. The van der Waals surface area contributed by atoms with Gasteiger partial charge in [0.2, 0.25) is 0 Å². The van der Waals surface area contributed by atoms with Crippen LogP contribution < -0.4 is 5.32 Å². The Kier molecular flexibility index (Phi) is 4.45. The van der Waals surface area contributed by atoms with Crippen LogP contribution in [0.1, 0.15) is 39.0 Å². The largest absolute Gasteiger partial charge is 0.315 e. The van der Waals surface area contributed by atoms with Crippen LogP contribution in [0.3, 0.4) is 0 Å². The summed E-state index contributed by atoms with van der Waals surface area (Å²) in [7, 11) is 2.15. The van der Waals surface area contributed by atoms with Gasteiger partial charge in [-0.15, -0.1) is 0 Å². The number of hydrogen-bond donors (Lipinski definition) is 1. The van der Waals surface area contributed by atoms with Gasteiger partial charge in [-0.2, -0.15) is 0 Å². The molecular weight excluding hydrogens is 234 g/mol. The molecule has 0 bridgehead atoms. The molecule has 3 atom stereocenters. The molecular formula is C16H31N3. The monoisotopic (exact) mass is 265 g/mol. The highest BCUT2D eigenvalue weighted by molar-refractivity contribution is 4.92. The first-order chi connectivity index (χ1) is 9.26. The third kappa shape index (κ3) is 3.50. The van der Waals surface area contributed by atoms with Gasteiger partial charge >= 0.3 is 0 Å². The minimum absolute atomic E-state index is 0.728. The van der Waals surface area contributed by atoms with Crippen molar-refractivity contribution in [2.75, 3.05) is 39.8 Å². The molecule has 0 amide bonds. The Labute approximate surface area is 118 Å². The number of hydrogen-bond acceptors (Lipinski definition) is 3. The van der Waals surface area contributed by atoms with Gasteiger partial charge in [0.15, 0.2) is 0 Å². The molecule has 1 heterocycles. The van der Waals surface area contributed by atoms with E-state index in [1.807, 2.05) is 0 Å². The van der Waals surface area contributed by atoms with Crippen molar-refractivity contribution < 1.29 is 0 Å². The second-order valence-electron chi connectivity index (χ2n) is 7.16. The van der Waals surface area contributed by atoms with Crippen molar-refractivity contribution in [3.8, 4) is 0 Å². The van der Waals surface area contributed by atoms with E-state index in [-0.39, 0.29) is 0 Å². The molecule has 0 aromatic carbocycles. The highest BCUT2D eigenvalue weighted by atomic mass is 15.3. The SMILES string of the molecule is CNC1CCC(C)CC1N1CCN(CC2CC2)CC1. The van der Waals surface area contributed by atoms with Crippen molar-refractivity contribution in [2.45, 2.75) is 51.1 Å². The third-order valence-electron chi connectivity index (χ3n) is 5.54. The summed E-state index contributed by atoms with van der Waals surface area (Å²) in [6.45, 7) is 9.01. The Morgan fingerprint density at radius 3 is 2.37 bits per heavy atom. The van der Waals surface area contributed by atoms with E-state index in [1.54, 1.807) is 0 Å². The van der Waals surface area contributed by atoms with Gasteiger partial charge in [-0.3, -0.25) is 4.90 Å². The molecule has 1 saturated heterocycles.